The lowest BCUT2D eigenvalue weighted by Crippen LogP contribution is -2.50. The van der Waals surface area contributed by atoms with Crippen LogP contribution in [0.4, 0.5) is 0 Å². The van der Waals surface area contributed by atoms with Crippen molar-refractivity contribution in [2.24, 2.45) is 0 Å². The number of fused-ring (bicyclic) bond motifs is 2. The van der Waals surface area contributed by atoms with Crippen molar-refractivity contribution >= 4 is 22.9 Å². The number of rotatable bonds is 3. The molecule has 0 bridgehead atoms. The van der Waals surface area contributed by atoms with Gasteiger partial charge in [-0.25, -0.2) is 4.68 Å². The molecule has 2 aliphatic heterocycles. The highest BCUT2D eigenvalue weighted by atomic mass is 35.5. The van der Waals surface area contributed by atoms with Crippen LogP contribution < -0.4 is 5.32 Å². The lowest BCUT2D eigenvalue weighted by atomic mass is 9.79. The Labute approximate surface area is 177 Å². The van der Waals surface area contributed by atoms with E-state index < -0.39 is 11.7 Å². The van der Waals surface area contributed by atoms with Gasteiger partial charge in [0.15, 0.2) is 0 Å². The van der Waals surface area contributed by atoms with Gasteiger partial charge in [0.25, 0.3) is 0 Å². The fraction of sp³-hybridized carbons (Fsp3) is 0.450. The Morgan fingerprint density at radius 1 is 1.41 bits per heavy atom. The topological polar surface area (TPSA) is 85.1 Å². The zero-order chi connectivity index (χ0) is 20.0. The van der Waals surface area contributed by atoms with E-state index in [0.29, 0.717) is 10.9 Å². The van der Waals surface area contributed by atoms with Crippen LogP contribution in [0.5, 0.6) is 0 Å². The quantitative estimate of drug-likeness (QED) is 0.662. The van der Waals surface area contributed by atoms with Crippen molar-refractivity contribution in [3.05, 3.63) is 62.8 Å². The molecule has 1 saturated heterocycles. The maximum atomic E-state index is 10.4. The summed E-state index contributed by atoms with van der Waals surface area (Å²) in [6.45, 7) is 3.01. The zero-order valence-electron chi connectivity index (χ0n) is 16.0. The third kappa shape index (κ3) is 3.60. The summed E-state index contributed by atoms with van der Waals surface area (Å²) >= 11 is 7.80. The van der Waals surface area contributed by atoms with Crippen molar-refractivity contribution in [2.75, 3.05) is 6.61 Å². The smallest absolute Gasteiger partial charge is 0.106 e. The Hall–Kier alpha value is -1.84. The molecule has 0 aliphatic carbocycles. The van der Waals surface area contributed by atoms with Gasteiger partial charge in [-0.05, 0) is 31.5 Å². The molecule has 1 fully saturated rings. The van der Waals surface area contributed by atoms with E-state index in [-0.39, 0.29) is 18.7 Å². The average Bonchev–Trinajstić information content (AvgIpc) is 3.33. The van der Waals surface area contributed by atoms with E-state index in [2.05, 4.69) is 27.5 Å². The summed E-state index contributed by atoms with van der Waals surface area (Å²) in [6.07, 6.45) is 4.67. The van der Waals surface area contributed by atoms with Crippen LogP contribution >= 0.6 is 22.9 Å². The maximum Gasteiger partial charge on any atom is 0.106 e. The second-order valence-corrected chi connectivity index (χ2v) is 9.53. The van der Waals surface area contributed by atoms with Gasteiger partial charge in [-0.2, -0.15) is 0 Å². The van der Waals surface area contributed by atoms with E-state index in [1.54, 1.807) is 6.20 Å². The molecule has 0 saturated carbocycles. The summed E-state index contributed by atoms with van der Waals surface area (Å²) in [4.78, 5) is 5.39. The highest BCUT2D eigenvalue weighted by Gasteiger charge is 2.48. The number of nitrogens with zero attached hydrogens (tertiary/aromatic N) is 4. The minimum atomic E-state index is -0.623. The van der Waals surface area contributed by atoms with E-state index in [4.69, 9.17) is 16.3 Å². The maximum absolute atomic E-state index is 10.4. The molecule has 152 valence electrons. The number of piperidine rings is 1. The first-order valence-electron chi connectivity index (χ1n) is 9.70. The van der Waals surface area contributed by atoms with Crippen molar-refractivity contribution in [1.29, 1.82) is 0 Å². The third-order valence-corrected chi connectivity index (χ3v) is 7.11. The number of aromatic nitrogens is 4. The number of halogens is 1. The molecule has 0 radical (unpaired) electrons. The molecule has 2 N–H and O–H groups in total. The molecule has 29 heavy (non-hydrogen) atoms. The number of aliphatic hydroxyl groups is 1. The number of hydrogen-bond donors (Lipinski definition) is 2. The van der Waals surface area contributed by atoms with E-state index in [1.807, 2.05) is 35.1 Å². The monoisotopic (exact) mass is 431 g/mol. The van der Waals surface area contributed by atoms with Crippen LogP contribution in [0.1, 0.15) is 53.7 Å². The number of hydrogen-bond acceptors (Lipinski definition) is 7. The molecule has 4 atom stereocenters. The number of pyridine rings is 1. The molecular weight excluding hydrogens is 410 g/mol. The molecule has 7 nitrogen and oxygen atoms in total. The van der Waals surface area contributed by atoms with Crippen LogP contribution in [0.3, 0.4) is 0 Å². The first-order chi connectivity index (χ1) is 14.0. The summed E-state index contributed by atoms with van der Waals surface area (Å²) in [5.41, 5.74) is 2.25. The van der Waals surface area contributed by atoms with Gasteiger partial charge in [0.05, 0.1) is 41.1 Å². The first-order valence-corrected chi connectivity index (χ1v) is 10.9. The second-order valence-electron chi connectivity index (χ2n) is 7.85. The number of nitrogens with one attached hydrogen (secondary N) is 1. The van der Waals surface area contributed by atoms with Gasteiger partial charge in [-0.15, -0.1) is 16.4 Å². The Bertz CT molecular complexity index is 1010. The van der Waals surface area contributed by atoms with Crippen LogP contribution in [0.15, 0.2) is 36.7 Å². The number of thiophene rings is 1. The molecule has 3 aromatic rings. The predicted molar refractivity (Wildman–Crippen MR) is 110 cm³/mol. The fourth-order valence-corrected chi connectivity index (χ4v) is 5.90. The van der Waals surface area contributed by atoms with Crippen LogP contribution in [-0.2, 0) is 16.9 Å². The molecule has 0 amide bonds. The van der Waals surface area contributed by atoms with Crippen LogP contribution in [0, 0.1) is 0 Å². The van der Waals surface area contributed by atoms with Crippen molar-refractivity contribution in [1.82, 2.24) is 25.3 Å². The molecule has 1 spiro atoms. The van der Waals surface area contributed by atoms with Crippen LogP contribution in [0.25, 0.3) is 0 Å². The number of ether oxygens (including phenoxy) is 1. The summed E-state index contributed by atoms with van der Waals surface area (Å²) in [5, 5.41) is 22.7. The van der Waals surface area contributed by atoms with E-state index in [1.165, 1.54) is 11.3 Å². The highest BCUT2D eigenvalue weighted by molar-refractivity contribution is 7.16. The van der Waals surface area contributed by atoms with Gasteiger partial charge in [0.1, 0.15) is 11.7 Å². The van der Waals surface area contributed by atoms with E-state index in [0.717, 1.165) is 34.7 Å². The van der Waals surface area contributed by atoms with Crippen molar-refractivity contribution in [2.45, 2.75) is 50.1 Å². The molecule has 5 rings (SSSR count). The normalized spacial score (nSPS) is 29.1. The molecule has 2 aliphatic rings. The zero-order valence-corrected chi connectivity index (χ0v) is 17.5. The average molecular weight is 432 g/mol. The van der Waals surface area contributed by atoms with E-state index >= 15 is 0 Å². The Kier molecular flexibility index (Phi) is 4.92. The fourth-order valence-electron chi connectivity index (χ4n) is 4.44. The molecule has 3 aromatic heterocycles. The number of aliphatic hydroxyl groups excluding tert-OH is 1. The minimum absolute atomic E-state index is 0.000186. The minimum Gasteiger partial charge on any atom is -0.386 e. The van der Waals surface area contributed by atoms with Crippen LogP contribution in [0.2, 0.25) is 4.34 Å². The van der Waals surface area contributed by atoms with Crippen LogP contribution in [-0.4, -0.2) is 37.7 Å². The largest absolute Gasteiger partial charge is 0.386 e. The lowest BCUT2D eigenvalue weighted by molar-refractivity contribution is -0.129. The lowest BCUT2D eigenvalue weighted by Gasteiger charge is -2.46. The van der Waals surface area contributed by atoms with Gasteiger partial charge in [0.2, 0.25) is 0 Å². The highest BCUT2D eigenvalue weighted by Crippen LogP contribution is 2.51. The van der Waals surface area contributed by atoms with E-state index in [9.17, 15) is 5.11 Å². The molecule has 5 heterocycles. The summed E-state index contributed by atoms with van der Waals surface area (Å²) in [5.74, 6) is 0. The Morgan fingerprint density at radius 3 is 3.14 bits per heavy atom. The predicted octanol–water partition coefficient (Wildman–Crippen LogP) is 3.21. The summed E-state index contributed by atoms with van der Waals surface area (Å²) < 4.78 is 8.77. The van der Waals surface area contributed by atoms with Gasteiger partial charge < -0.3 is 15.2 Å². The molecule has 9 heteroatoms. The summed E-state index contributed by atoms with van der Waals surface area (Å²) in [7, 11) is 0. The molecule has 0 aromatic carbocycles. The van der Waals surface area contributed by atoms with Crippen molar-refractivity contribution < 1.29 is 9.84 Å². The second kappa shape index (κ2) is 7.45. The molecular formula is C20H22ClN5O2S. The Morgan fingerprint density at radius 2 is 2.31 bits per heavy atom. The first kappa shape index (κ1) is 19.1. The van der Waals surface area contributed by atoms with Gasteiger partial charge in [-0.3, -0.25) is 4.98 Å². The van der Waals surface area contributed by atoms with Crippen molar-refractivity contribution in [3.8, 4) is 0 Å². The Balaban J connectivity index is 1.42. The van der Waals surface area contributed by atoms with Gasteiger partial charge in [0, 0.05) is 29.1 Å². The third-order valence-electron chi connectivity index (χ3n) is 5.64. The summed E-state index contributed by atoms with van der Waals surface area (Å²) in [6, 6.07) is 7.93. The molecule has 0 unspecified atom stereocenters. The van der Waals surface area contributed by atoms with Gasteiger partial charge >= 0.3 is 0 Å². The van der Waals surface area contributed by atoms with Crippen molar-refractivity contribution in [3.63, 3.8) is 0 Å². The van der Waals surface area contributed by atoms with Gasteiger partial charge in [-0.1, -0.05) is 22.9 Å². The standard InChI is InChI=1S/C20H22ClN5O2S/c1-12-7-20(19-14(6-18(21)29-19)17(27)11-28-20)8-15(23-12)16-10-26(25-24-16)9-13-4-2-3-5-22-13/h2-6,10,12,15,17,23,27H,7-9,11H2,1H3/t12-,15-,17+,20-/m0/s1. The SMILES string of the molecule is C[C@H]1C[C@@]2(C[C@@H](c3cn(Cc4ccccn4)nn3)N1)OC[C@@H](O)c1cc(Cl)sc12.